The monoisotopic (exact) mass is 847 g/mol. The molecule has 9 aromatic rings. The number of nitrogens with two attached hydrogens (primary N) is 6. The van der Waals surface area contributed by atoms with Gasteiger partial charge in [-0.15, -0.1) is 0 Å². The molecule has 0 radical (unpaired) electrons. The van der Waals surface area contributed by atoms with Crippen LogP contribution >= 0.6 is 0 Å². The van der Waals surface area contributed by atoms with Crippen LogP contribution in [-0.4, -0.2) is 50.4 Å². The van der Waals surface area contributed by atoms with Crippen LogP contribution in [0, 0.1) is 0 Å². The molecule has 0 saturated heterocycles. The maximum absolute atomic E-state index is 13.8. The molecule has 15 N–H and O–H groups in total. The number of aromatic amines is 3. The number of para-hydroxylation sites is 3. The minimum absolute atomic E-state index is 0.266. The minimum atomic E-state index is -0.827. The number of ketones is 3. The van der Waals surface area contributed by atoms with Gasteiger partial charge in [-0.25, -0.2) is 0 Å². The van der Waals surface area contributed by atoms with E-state index >= 15 is 0 Å². The third-order valence-electron chi connectivity index (χ3n) is 12.4. The Kier molecular flexibility index (Phi) is 11.2. The van der Waals surface area contributed by atoms with Gasteiger partial charge in [-0.2, -0.15) is 0 Å². The van der Waals surface area contributed by atoms with Crippen LogP contribution in [0.4, 0.5) is 17.1 Å². The van der Waals surface area contributed by atoms with Crippen molar-refractivity contribution in [1.29, 1.82) is 0 Å². The number of Topliss-reactive ketones (excluding diaryl/α,β-unsaturated/α-hetero) is 3. The molecule has 9 rings (SSSR count). The number of H-pyrrole nitrogens is 3. The molecule has 12 heteroatoms. The molecule has 6 aromatic carbocycles. The molecule has 3 heterocycles. The number of carbonyl (C=O) groups excluding carboxylic acids is 3. The summed E-state index contributed by atoms with van der Waals surface area (Å²) in [5, 5.41) is 3.02. The summed E-state index contributed by atoms with van der Waals surface area (Å²) >= 11 is 0. The quantitative estimate of drug-likeness (QED) is 0.0284. The first kappa shape index (κ1) is 41.6. The van der Waals surface area contributed by atoms with Gasteiger partial charge in [0.25, 0.3) is 0 Å². The predicted octanol–water partition coefficient (Wildman–Crippen LogP) is 7.32. The fraction of sp³-hybridized carbons (Fsp3) is 0.135. The molecular formula is C52H49N9O3. The number of rotatable bonds is 15. The number of nitrogen functional groups attached to an aromatic ring is 3. The number of fused-ring (bicyclic) bond motifs is 3. The molecule has 0 fully saturated rings. The third-order valence-corrected chi connectivity index (χ3v) is 12.4. The minimum Gasteiger partial charge on any atom is -0.398 e. The van der Waals surface area contributed by atoms with Gasteiger partial charge in [0.05, 0.1) is 18.1 Å². The fourth-order valence-electron chi connectivity index (χ4n) is 9.01. The van der Waals surface area contributed by atoms with Crippen LogP contribution in [0.15, 0.2) is 146 Å². The second-order valence-electron chi connectivity index (χ2n) is 16.6. The van der Waals surface area contributed by atoms with E-state index in [4.69, 9.17) is 34.4 Å². The molecule has 0 saturated carbocycles. The van der Waals surface area contributed by atoms with Gasteiger partial charge in [0.15, 0.2) is 17.3 Å². The zero-order valence-corrected chi connectivity index (χ0v) is 35.0. The van der Waals surface area contributed by atoms with Crippen molar-refractivity contribution in [2.24, 2.45) is 17.2 Å². The van der Waals surface area contributed by atoms with Crippen molar-refractivity contribution in [3.63, 3.8) is 0 Å². The Bertz CT molecular complexity index is 2890. The Morgan fingerprint density at radius 3 is 0.969 bits per heavy atom. The number of nitrogens with one attached hydrogen (secondary N) is 3. The molecule has 320 valence electrons. The largest absolute Gasteiger partial charge is 0.398 e. The van der Waals surface area contributed by atoms with Gasteiger partial charge in [-0.05, 0) is 89.0 Å². The highest BCUT2D eigenvalue weighted by atomic mass is 16.1. The van der Waals surface area contributed by atoms with Crippen molar-refractivity contribution in [3.8, 4) is 0 Å². The number of hydrogen-bond donors (Lipinski definition) is 9. The van der Waals surface area contributed by atoms with E-state index in [1.54, 1.807) is 54.6 Å². The van der Waals surface area contributed by atoms with Gasteiger partial charge in [-0.1, -0.05) is 91.0 Å². The lowest BCUT2D eigenvalue weighted by molar-refractivity contribution is 0.0954. The number of aromatic nitrogens is 3. The van der Waals surface area contributed by atoms with Crippen molar-refractivity contribution < 1.29 is 14.4 Å². The van der Waals surface area contributed by atoms with Crippen LogP contribution in [0.3, 0.4) is 0 Å². The van der Waals surface area contributed by atoms with Crippen molar-refractivity contribution >= 4 is 67.1 Å². The Hall–Kier alpha value is -7.77. The molecule has 3 aromatic heterocycles. The number of hydrogen-bond acceptors (Lipinski definition) is 9. The first-order valence-corrected chi connectivity index (χ1v) is 21.2. The van der Waals surface area contributed by atoms with E-state index < -0.39 is 24.0 Å². The molecule has 0 aliphatic heterocycles. The van der Waals surface area contributed by atoms with E-state index in [1.807, 2.05) is 91.4 Å². The van der Waals surface area contributed by atoms with Gasteiger partial charge in [0.2, 0.25) is 0 Å². The van der Waals surface area contributed by atoms with E-state index in [9.17, 15) is 14.4 Å². The van der Waals surface area contributed by atoms with E-state index in [0.29, 0.717) is 69.7 Å². The van der Waals surface area contributed by atoms with Gasteiger partial charge < -0.3 is 49.4 Å². The normalized spacial score (nSPS) is 13.1. The SMILES string of the molecule is Nc1cc(C(=O)[C@@H](N)Cc2c[nH]c3ccccc23)ccc1C(c1ccc(C(=O)[C@@H](N)Cc2c[nH]c3ccccc23)cc1N)c1ccc(C(=O)[C@@H](N)Cc2c[nH]c3ccccc23)cc1N. The third kappa shape index (κ3) is 7.93. The zero-order chi connectivity index (χ0) is 44.6. The van der Waals surface area contributed by atoms with Gasteiger partial charge >= 0.3 is 0 Å². The number of carbonyl (C=O) groups is 3. The lowest BCUT2D eigenvalue weighted by atomic mass is 9.80. The van der Waals surface area contributed by atoms with Crippen LogP contribution in [0.25, 0.3) is 32.7 Å². The second kappa shape index (κ2) is 17.2. The lowest BCUT2D eigenvalue weighted by Crippen LogP contribution is -2.33. The Labute approximate surface area is 369 Å². The predicted molar refractivity (Wildman–Crippen MR) is 256 cm³/mol. The average molecular weight is 848 g/mol. The van der Waals surface area contributed by atoms with E-state index in [1.165, 1.54) is 0 Å². The smallest absolute Gasteiger partial charge is 0.179 e. The van der Waals surface area contributed by atoms with E-state index in [2.05, 4.69) is 15.0 Å². The van der Waals surface area contributed by atoms with Crippen LogP contribution in [0.2, 0.25) is 0 Å². The summed E-state index contributed by atoms with van der Waals surface area (Å²) in [5.41, 5.74) is 49.7. The molecular weight excluding hydrogens is 799 g/mol. The second-order valence-corrected chi connectivity index (χ2v) is 16.6. The molecule has 0 amide bonds. The molecule has 3 atom stereocenters. The Morgan fingerprint density at radius 2 is 0.688 bits per heavy atom. The highest BCUT2D eigenvalue weighted by Crippen LogP contribution is 2.41. The summed E-state index contributed by atoms with van der Waals surface area (Å²) in [6, 6.07) is 36.4. The fourth-order valence-corrected chi connectivity index (χ4v) is 9.01. The number of anilines is 3. The molecule has 0 unspecified atom stereocenters. The summed E-state index contributed by atoms with van der Waals surface area (Å²) in [5.74, 6) is -1.48. The number of benzene rings is 6. The van der Waals surface area contributed by atoms with Crippen molar-refractivity contribution in [3.05, 3.63) is 196 Å². The first-order valence-electron chi connectivity index (χ1n) is 21.2. The van der Waals surface area contributed by atoms with Crippen molar-refractivity contribution in [2.75, 3.05) is 17.2 Å². The van der Waals surface area contributed by atoms with E-state index in [0.717, 1.165) is 49.4 Å². The Balaban J connectivity index is 1.03. The van der Waals surface area contributed by atoms with Crippen LogP contribution in [-0.2, 0) is 19.3 Å². The average Bonchev–Trinajstić information content (AvgIpc) is 4.04. The maximum Gasteiger partial charge on any atom is 0.179 e. The van der Waals surface area contributed by atoms with Crippen LogP contribution in [0.5, 0.6) is 0 Å². The Morgan fingerprint density at radius 1 is 0.406 bits per heavy atom. The van der Waals surface area contributed by atoms with Gasteiger partial charge in [0, 0.05) is 91.0 Å². The molecule has 0 aliphatic carbocycles. The summed E-state index contributed by atoms with van der Waals surface area (Å²) in [7, 11) is 0. The summed E-state index contributed by atoms with van der Waals surface area (Å²) < 4.78 is 0. The standard InChI is InChI=1S/C52H49N9O3/c53-40-19-28(50(62)43(56)22-31-25-59-46-10-4-1-7-34(31)46)13-16-37(40)49(38-17-14-29(20-41(38)54)51(63)44(57)23-32-26-60-47-11-5-2-8-35(32)47)39-18-15-30(21-42(39)55)52(64)45(58)24-33-27-61-48-12-6-3-9-36(33)48/h1-21,25-27,43-45,49,59-61H,22-24,53-58H2/t43-,44-,45-/m0/s1. The van der Waals surface area contributed by atoms with Gasteiger partial charge in [0.1, 0.15) is 0 Å². The van der Waals surface area contributed by atoms with Gasteiger partial charge in [-0.3, -0.25) is 14.4 Å². The summed E-state index contributed by atoms with van der Waals surface area (Å²) in [6.07, 6.45) is 6.61. The summed E-state index contributed by atoms with van der Waals surface area (Å²) in [4.78, 5) is 51.2. The maximum atomic E-state index is 13.8. The molecule has 0 bridgehead atoms. The molecule has 12 nitrogen and oxygen atoms in total. The summed E-state index contributed by atoms with van der Waals surface area (Å²) in [6.45, 7) is 0. The van der Waals surface area contributed by atoms with Crippen LogP contribution < -0.4 is 34.4 Å². The highest BCUT2D eigenvalue weighted by molar-refractivity contribution is 6.03. The topological polar surface area (TPSA) is 255 Å². The molecule has 0 aliphatic rings. The van der Waals surface area contributed by atoms with E-state index in [-0.39, 0.29) is 17.3 Å². The van der Waals surface area contributed by atoms with Crippen LogP contribution in [0.1, 0.15) is 70.4 Å². The first-order chi connectivity index (χ1) is 30.9. The zero-order valence-electron chi connectivity index (χ0n) is 35.0. The lowest BCUT2D eigenvalue weighted by Gasteiger charge is -2.25. The van der Waals surface area contributed by atoms with Crippen molar-refractivity contribution in [2.45, 2.75) is 43.3 Å². The highest BCUT2D eigenvalue weighted by Gasteiger charge is 2.28. The molecule has 64 heavy (non-hydrogen) atoms. The molecule has 0 spiro atoms. The van der Waals surface area contributed by atoms with Crippen molar-refractivity contribution in [1.82, 2.24) is 15.0 Å².